The molecule has 1 aromatic rings. The number of hydrogen-bond acceptors (Lipinski definition) is 1. The Labute approximate surface area is 123 Å². The molecule has 1 nitrogen and oxygen atoms in total. The molecule has 0 radical (unpaired) electrons. The molecule has 0 spiro atoms. The molecule has 1 N–H and O–H groups in total. The van der Waals surface area contributed by atoms with Crippen molar-refractivity contribution < 1.29 is 0 Å². The van der Waals surface area contributed by atoms with E-state index in [1.54, 1.807) is 0 Å². The summed E-state index contributed by atoms with van der Waals surface area (Å²) in [4.78, 5) is 0. The van der Waals surface area contributed by atoms with Gasteiger partial charge in [-0.05, 0) is 49.8 Å². The fraction of sp³-hybridized carbons (Fsp3) is 0.368. The molecule has 0 fully saturated rings. The Kier molecular flexibility index (Phi) is 5.23. The molecule has 1 aliphatic carbocycles. The molecule has 106 valence electrons. The highest BCUT2D eigenvalue weighted by Gasteiger charge is 2.03. The maximum atomic E-state index is 3.46. The fourth-order valence-corrected chi connectivity index (χ4v) is 2.13. The van der Waals surface area contributed by atoms with Crippen LogP contribution in [0.25, 0.3) is 5.57 Å². The third-order valence-corrected chi connectivity index (χ3v) is 3.83. The predicted octanol–water partition coefficient (Wildman–Crippen LogP) is 4.87. The standard InChI is InChI=1S/C19H25N/c1-4-17-10-12-18(13-11-17)16(3)9-8-15(2)14-20-19-6-5-7-19/h6,8-13,20H,4-5,7,14H2,1-3H3/b15-8+,16-9+. The molecular weight excluding hydrogens is 242 g/mol. The van der Waals surface area contributed by atoms with Crippen molar-refractivity contribution in [1.82, 2.24) is 5.32 Å². The number of allylic oxidation sites excluding steroid dienone is 5. The van der Waals surface area contributed by atoms with Crippen LogP contribution in [0.2, 0.25) is 0 Å². The molecule has 0 atom stereocenters. The minimum atomic E-state index is 0.949. The van der Waals surface area contributed by atoms with Crippen LogP contribution in [0.1, 0.15) is 44.7 Å². The lowest BCUT2D eigenvalue weighted by Gasteiger charge is -2.16. The second-order valence-electron chi connectivity index (χ2n) is 5.53. The first-order chi connectivity index (χ1) is 9.69. The van der Waals surface area contributed by atoms with Crippen molar-refractivity contribution in [1.29, 1.82) is 0 Å². The molecule has 1 aromatic carbocycles. The average molecular weight is 267 g/mol. The normalized spacial score (nSPS) is 15.7. The summed E-state index contributed by atoms with van der Waals surface area (Å²) in [7, 11) is 0. The summed E-state index contributed by atoms with van der Waals surface area (Å²) in [6.45, 7) is 7.49. The van der Waals surface area contributed by atoms with Crippen molar-refractivity contribution in [3.8, 4) is 0 Å². The highest BCUT2D eigenvalue weighted by Crippen LogP contribution is 2.16. The molecule has 0 heterocycles. The van der Waals surface area contributed by atoms with E-state index in [0.717, 1.165) is 13.0 Å². The summed E-state index contributed by atoms with van der Waals surface area (Å²) >= 11 is 0. The number of nitrogens with one attached hydrogen (secondary N) is 1. The summed E-state index contributed by atoms with van der Waals surface area (Å²) in [5.74, 6) is 0. The van der Waals surface area contributed by atoms with Crippen molar-refractivity contribution >= 4 is 5.57 Å². The molecule has 20 heavy (non-hydrogen) atoms. The first-order valence-corrected chi connectivity index (χ1v) is 7.55. The van der Waals surface area contributed by atoms with Gasteiger partial charge in [-0.1, -0.05) is 55.0 Å². The zero-order chi connectivity index (χ0) is 14.4. The van der Waals surface area contributed by atoms with Gasteiger partial charge in [0.05, 0.1) is 0 Å². The zero-order valence-electron chi connectivity index (χ0n) is 12.9. The van der Waals surface area contributed by atoms with Gasteiger partial charge in [0.25, 0.3) is 0 Å². The van der Waals surface area contributed by atoms with Crippen LogP contribution in [-0.4, -0.2) is 6.54 Å². The van der Waals surface area contributed by atoms with Crippen molar-refractivity contribution in [3.63, 3.8) is 0 Å². The van der Waals surface area contributed by atoms with Crippen LogP contribution in [0.3, 0.4) is 0 Å². The SMILES string of the molecule is CCc1ccc(/C(C)=C/C=C(\C)CNC2=CCC2)cc1. The maximum Gasteiger partial charge on any atom is 0.0357 e. The lowest BCUT2D eigenvalue weighted by molar-refractivity contribution is 0.728. The van der Waals surface area contributed by atoms with Crippen molar-refractivity contribution in [2.24, 2.45) is 0 Å². The number of benzene rings is 1. The van der Waals surface area contributed by atoms with E-state index in [1.165, 1.54) is 40.8 Å². The predicted molar refractivity (Wildman–Crippen MR) is 88.5 cm³/mol. The molecule has 1 aliphatic rings. The quantitative estimate of drug-likeness (QED) is 0.725. The average Bonchev–Trinajstić information content (AvgIpc) is 2.43. The van der Waals surface area contributed by atoms with E-state index < -0.39 is 0 Å². The van der Waals surface area contributed by atoms with Gasteiger partial charge in [-0.25, -0.2) is 0 Å². The lowest BCUT2D eigenvalue weighted by Crippen LogP contribution is -2.19. The molecule has 0 unspecified atom stereocenters. The summed E-state index contributed by atoms with van der Waals surface area (Å²) < 4.78 is 0. The minimum absolute atomic E-state index is 0.949. The van der Waals surface area contributed by atoms with E-state index in [9.17, 15) is 0 Å². The highest BCUT2D eigenvalue weighted by molar-refractivity contribution is 5.65. The second-order valence-corrected chi connectivity index (χ2v) is 5.53. The Morgan fingerprint density at radius 3 is 2.40 bits per heavy atom. The lowest BCUT2D eigenvalue weighted by atomic mass is 10.0. The van der Waals surface area contributed by atoms with Gasteiger partial charge >= 0.3 is 0 Å². The number of hydrogen-bond donors (Lipinski definition) is 1. The van der Waals surface area contributed by atoms with E-state index >= 15 is 0 Å². The Bertz CT molecular complexity index is 529. The van der Waals surface area contributed by atoms with Crippen LogP contribution < -0.4 is 5.32 Å². The number of aryl methyl sites for hydroxylation is 1. The van der Waals surface area contributed by atoms with Crippen LogP contribution in [0.5, 0.6) is 0 Å². The van der Waals surface area contributed by atoms with Crippen LogP contribution in [0.4, 0.5) is 0 Å². The minimum Gasteiger partial charge on any atom is -0.385 e. The third-order valence-electron chi connectivity index (χ3n) is 3.83. The molecule has 0 saturated heterocycles. The van der Waals surface area contributed by atoms with Crippen LogP contribution >= 0.6 is 0 Å². The molecule has 0 aromatic heterocycles. The van der Waals surface area contributed by atoms with E-state index in [1.807, 2.05) is 0 Å². The van der Waals surface area contributed by atoms with Gasteiger partial charge in [-0.3, -0.25) is 0 Å². The summed E-state index contributed by atoms with van der Waals surface area (Å²) in [6.07, 6.45) is 10.2. The summed E-state index contributed by atoms with van der Waals surface area (Å²) in [5.41, 5.74) is 6.78. The van der Waals surface area contributed by atoms with Crippen LogP contribution in [-0.2, 0) is 6.42 Å². The fourth-order valence-electron chi connectivity index (χ4n) is 2.13. The first-order valence-electron chi connectivity index (χ1n) is 7.55. The Morgan fingerprint density at radius 2 is 1.85 bits per heavy atom. The monoisotopic (exact) mass is 267 g/mol. The van der Waals surface area contributed by atoms with Crippen LogP contribution in [0, 0.1) is 0 Å². The molecule has 1 heteroatoms. The molecule has 0 aliphatic heterocycles. The maximum absolute atomic E-state index is 3.46. The van der Waals surface area contributed by atoms with Gasteiger partial charge < -0.3 is 5.32 Å². The van der Waals surface area contributed by atoms with Gasteiger partial charge in [0.1, 0.15) is 0 Å². The van der Waals surface area contributed by atoms with E-state index in [4.69, 9.17) is 0 Å². The molecule has 0 amide bonds. The second kappa shape index (κ2) is 7.14. The molecular formula is C19H25N. The largest absolute Gasteiger partial charge is 0.385 e. The summed E-state index contributed by atoms with van der Waals surface area (Å²) in [6, 6.07) is 8.86. The number of rotatable bonds is 6. The smallest absolute Gasteiger partial charge is 0.0357 e. The third kappa shape index (κ3) is 4.12. The van der Waals surface area contributed by atoms with Gasteiger partial charge in [0.15, 0.2) is 0 Å². The summed E-state index contributed by atoms with van der Waals surface area (Å²) in [5, 5.41) is 3.46. The first kappa shape index (κ1) is 14.6. The van der Waals surface area contributed by atoms with E-state index in [2.05, 4.69) is 68.6 Å². The van der Waals surface area contributed by atoms with Crippen LogP contribution in [0.15, 0.2) is 53.8 Å². The molecule has 2 rings (SSSR count). The van der Waals surface area contributed by atoms with Crippen molar-refractivity contribution in [2.45, 2.75) is 40.0 Å². The molecule has 0 bridgehead atoms. The Hall–Kier alpha value is -1.76. The van der Waals surface area contributed by atoms with Gasteiger partial charge in [0.2, 0.25) is 0 Å². The van der Waals surface area contributed by atoms with Gasteiger partial charge in [-0.2, -0.15) is 0 Å². The van der Waals surface area contributed by atoms with E-state index in [-0.39, 0.29) is 0 Å². The Morgan fingerprint density at radius 1 is 1.15 bits per heavy atom. The molecule has 0 saturated carbocycles. The van der Waals surface area contributed by atoms with Gasteiger partial charge in [-0.15, -0.1) is 0 Å². The Balaban J connectivity index is 1.93. The van der Waals surface area contributed by atoms with Crippen molar-refractivity contribution in [3.05, 3.63) is 64.9 Å². The zero-order valence-corrected chi connectivity index (χ0v) is 12.9. The highest BCUT2D eigenvalue weighted by atomic mass is 14.9. The topological polar surface area (TPSA) is 12.0 Å². The van der Waals surface area contributed by atoms with E-state index in [0.29, 0.717) is 0 Å². The van der Waals surface area contributed by atoms with Crippen molar-refractivity contribution in [2.75, 3.05) is 6.54 Å². The van der Waals surface area contributed by atoms with Gasteiger partial charge in [0, 0.05) is 12.2 Å².